The molecule has 0 aliphatic carbocycles. The number of Topliss-reactive ketones (excluding diaryl/α,β-unsaturated/α-hetero) is 1. The summed E-state index contributed by atoms with van der Waals surface area (Å²) in [5.74, 6) is -1.18. The average Bonchev–Trinajstić information content (AvgIpc) is 3.41. The summed E-state index contributed by atoms with van der Waals surface area (Å²) in [5, 5.41) is 11.7. The van der Waals surface area contributed by atoms with Gasteiger partial charge in [0.05, 0.1) is 28.4 Å². The van der Waals surface area contributed by atoms with Crippen molar-refractivity contribution >= 4 is 44.1 Å². The normalized spacial score (nSPS) is 17.4. The summed E-state index contributed by atoms with van der Waals surface area (Å²) in [5.41, 5.74) is 1.78. The Labute approximate surface area is 200 Å². The Kier molecular flexibility index (Phi) is 5.81. The van der Waals surface area contributed by atoms with Gasteiger partial charge in [-0.2, -0.15) is 0 Å². The lowest BCUT2D eigenvalue weighted by molar-refractivity contribution is -0.132. The summed E-state index contributed by atoms with van der Waals surface area (Å²) in [4.78, 5) is 36.6. The number of aliphatic hydroxyl groups is 1. The second-order valence-corrected chi connectivity index (χ2v) is 8.80. The molecule has 5 rings (SSSR count). The van der Waals surface area contributed by atoms with Crippen LogP contribution in [-0.4, -0.2) is 33.4 Å². The van der Waals surface area contributed by atoms with Crippen molar-refractivity contribution in [3.63, 3.8) is 0 Å². The van der Waals surface area contributed by atoms with Crippen LogP contribution >= 0.6 is 11.3 Å². The number of nitrogens with zero attached hydrogens (tertiary/aromatic N) is 3. The van der Waals surface area contributed by atoms with Gasteiger partial charge in [-0.25, -0.2) is 4.98 Å². The van der Waals surface area contributed by atoms with Crippen LogP contribution in [0.1, 0.15) is 30.5 Å². The maximum Gasteiger partial charge on any atom is 0.301 e. The molecule has 3 heterocycles. The maximum atomic E-state index is 13.3. The van der Waals surface area contributed by atoms with E-state index in [1.54, 1.807) is 48.8 Å². The molecule has 4 aromatic rings. The van der Waals surface area contributed by atoms with Crippen LogP contribution in [0.15, 0.2) is 78.6 Å². The Balaban J connectivity index is 1.67. The second-order valence-electron chi connectivity index (χ2n) is 7.79. The molecule has 0 saturated carbocycles. The molecule has 1 aliphatic rings. The molecule has 1 saturated heterocycles. The molecule has 0 spiro atoms. The number of ether oxygens (including phenoxy) is 1. The average molecular weight is 472 g/mol. The van der Waals surface area contributed by atoms with Crippen LogP contribution in [0.2, 0.25) is 0 Å². The maximum absolute atomic E-state index is 13.3. The number of hydrogen-bond donors (Lipinski definition) is 1. The predicted octanol–water partition coefficient (Wildman–Crippen LogP) is 5.11. The number of aromatic nitrogens is 2. The number of ketones is 1. The first kappa shape index (κ1) is 21.8. The first-order chi connectivity index (χ1) is 16.6. The number of fused-ring (bicyclic) bond motifs is 1. The van der Waals surface area contributed by atoms with E-state index in [0.29, 0.717) is 28.6 Å². The van der Waals surface area contributed by atoms with Crippen molar-refractivity contribution in [3.05, 3.63) is 89.8 Å². The van der Waals surface area contributed by atoms with Crippen LogP contribution in [-0.2, 0) is 9.59 Å². The molecule has 0 bridgehead atoms. The van der Waals surface area contributed by atoms with Crippen molar-refractivity contribution in [2.24, 2.45) is 0 Å². The Morgan fingerprint density at radius 2 is 1.88 bits per heavy atom. The molecule has 2 aromatic carbocycles. The van der Waals surface area contributed by atoms with Crippen LogP contribution in [0.25, 0.3) is 16.0 Å². The number of amides is 1. The fraction of sp³-hybridized carbons (Fsp3) is 0.154. The number of aliphatic hydroxyl groups excluding tert-OH is 1. The second kappa shape index (κ2) is 9.07. The number of rotatable bonds is 6. The number of para-hydroxylation sites is 1. The number of pyridine rings is 1. The van der Waals surface area contributed by atoms with Crippen molar-refractivity contribution in [2.45, 2.75) is 19.4 Å². The minimum absolute atomic E-state index is 0.00287. The number of hydrogen-bond acceptors (Lipinski definition) is 7. The highest BCUT2D eigenvalue weighted by atomic mass is 32.1. The highest BCUT2D eigenvalue weighted by Crippen LogP contribution is 2.44. The van der Waals surface area contributed by atoms with Crippen molar-refractivity contribution in [1.29, 1.82) is 0 Å². The lowest BCUT2D eigenvalue weighted by Gasteiger charge is -2.22. The monoisotopic (exact) mass is 471 g/mol. The van der Waals surface area contributed by atoms with Crippen molar-refractivity contribution in [1.82, 2.24) is 9.97 Å². The number of thiazole rings is 1. The SMILES string of the molecule is CCCOc1cccc(/C(O)=C2\C(=O)C(=O)N(c3nc4ccccc4s3)C2c2ccncc2)c1. The minimum atomic E-state index is -0.844. The molecule has 1 N–H and O–H groups in total. The van der Waals surface area contributed by atoms with Gasteiger partial charge in [-0.3, -0.25) is 19.5 Å². The van der Waals surface area contributed by atoms with Gasteiger partial charge in [-0.15, -0.1) is 0 Å². The first-order valence-electron chi connectivity index (χ1n) is 10.9. The molecular weight excluding hydrogens is 450 g/mol. The number of benzene rings is 2. The summed E-state index contributed by atoms with van der Waals surface area (Å²) in [7, 11) is 0. The van der Waals surface area contributed by atoms with Gasteiger partial charge in [0, 0.05) is 18.0 Å². The Bertz CT molecular complexity index is 1380. The van der Waals surface area contributed by atoms with Crippen LogP contribution in [0.3, 0.4) is 0 Å². The highest BCUT2D eigenvalue weighted by Gasteiger charge is 2.48. The number of anilines is 1. The molecule has 1 fully saturated rings. The van der Waals surface area contributed by atoms with Crippen LogP contribution < -0.4 is 9.64 Å². The molecule has 170 valence electrons. The number of carbonyl (C=O) groups excluding carboxylic acids is 2. The lowest BCUT2D eigenvalue weighted by Crippen LogP contribution is -2.29. The fourth-order valence-electron chi connectivity index (χ4n) is 3.96. The summed E-state index contributed by atoms with van der Waals surface area (Å²) >= 11 is 1.32. The zero-order valence-electron chi connectivity index (χ0n) is 18.3. The van der Waals surface area contributed by atoms with E-state index in [4.69, 9.17) is 4.74 Å². The van der Waals surface area contributed by atoms with Crippen molar-refractivity contribution in [2.75, 3.05) is 11.5 Å². The summed E-state index contributed by atoms with van der Waals surface area (Å²) in [6, 6.07) is 17.0. The van der Waals surface area contributed by atoms with Crippen molar-refractivity contribution < 1.29 is 19.4 Å². The third-order valence-electron chi connectivity index (χ3n) is 5.54. The molecule has 2 aromatic heterocycles. The van der Waals surface area contributed by atoms with Crippen LogP contribution in [0.4, 0.5) is 5.13 Å². The Morgan fingerprint density at radius 3 is 2.65 bits per heavy atom. The predicted molar refractivity (Wildman–Crippen MR) is 131 cm³/mol. The van der Waals surface area contributed by atoms with E-state index in [1.807, 2.05) is 31.2 Å². The third kappa shape index (κ3) is 3.82. The van der Waals surface area contributed by atoms with Gasteiger partial charge in [0.25, 0.3) is 5.78 Å². The van der Waals surface area contributed by atoms with Gasteiger partial charge in [-0.1, -0.05) is 42.5 Å². The molecule has 34 heavy (non-hydrogen) atoms. The summed E-state index contributed by atoms with van der Waals surface area (Å²) in [6.07, 6.45) is 4.02. The zero-order chi connectivity index (χ0) is 23.7. The quantitative estimate of drug-likeness (QED) is 0.239. The Hall–Kier alpha value is -4.04. The van der Waals surface area contributed by atoms with Gasteiger partial charge in [0.15, 0.2) is 5.13 Å². The van der Waals surface area contributed by atoms with Crippen molar-refractivity contribution in [3.8, 4) is 5.75 Å². The largest absolute Gasteiger partial charge is 0.507 e. The van der Waals surface area contributed by atoms with E-state index in [9.17, 15) is 14.7 Å². The fourth-order valence-corrected chi connectivity index (χ4v) is 4.95. The smallest absolute Gasteiger partial charge is 0.301 e. The van der Waals surface area contributed by atoms with E-state index in [0.717, 1.165) is 16.6 Å². The van der Waals surface area contributed by atoms with E-state index in [-0.39, 0.29) is 11.3 Å². The topological polar surface area (TPSA) is 92.6 Å². The van der Waals surface area contributed by atoms with Gasteiger partial charge in [0.1, 0.15) is 11.5 Å². The number of carbonyl (C=O) groups is 2. The third-order valence-corrected chi connectivity index (χ3v) is 6.57. The molecule has 1 atom stereocenters. The Morgan fingerprint density at radius 1 is 1.09 bits per heavy atom. The molecule has 0 radical (unpaired) electrons. The van der Waals surface area contributed by atoms with E-state index < -0.39 is 17.7 Å². The van der Waals surface area contributed by atoms with E-state index in [1.165, 1.54) is 16.2 Å². The van der Waals surface area contributed by atoms with E-state index >= 15 is 0 Å². The molecule has 1 aliphatic heterocycles. The minimum Gasteiger partial charge on any atom is -0.507 e. The van der Waals surface area contributed by atoms with E-state index in [2.05, 4.69) is 9.97 Å². The summed E-state index contributed by atoms with van der Waals surface area (Å²) < 4.78 is 6.58. The molecular formula is C26H21N3O4S. The first-order valence-corrected chi connectivity index (χ1v) is 11.7. The van der Waals surface area contributed by atoms with Gasteiger partial charge >= 0.3 is 5.91 Å². The standard InChI is InChI=1S/C26H21N3O4S/c1-2-14-33-18-7-5-6-17(15-18)23(30)21-22(16-10-12-27-13-11-16)29(25(32)24(21)31)26-28-19-8-3-4-9-20(19)34-26/h3-13,15,22,30H,2,14H2,1H3/b23-21+. The zero-order valence-corrected chi connectivity index (χ0v) is 19.2. The van der Waals surface area contributed by atoms with Crippen LogP contribution in [0, 0.1) is 0 Å². The van der Waals surface area contributed by atoms with Crippen LogP contribution in [0.5, 0.6) is 5.75 Å². The van der Waals surface area contributed by atoms with Gasteiger partial charge < -0.3 is 9.84 Å². The molecule has 8 heteroatoms. The summed E-state index contributed by atoms with van der Waals surface area (Å²) in [6.45, 7) is 2.53. The highest BCUT2D eigenvalue weighted by molar-refractivity contribution is 7.22. The lowest BCUT2D eigenvalue weighted by atomic mass is 9.96. The van der Waals surface area contributed by atoms with Gasteiger partial charge in [0.2, 0.25) is 0 Å². The molecule has 1 amide bonds. The molecule has 7 nitrogen and oxygen atoms in total. The van der Waals surface area contributed by atoms with Gasteiger partial charge in [-0.05, 0) is 48.4 Å². The molecule has 1 unspecified atom stereocenters.